The monoisotopic (exact) mass is 1270 g/mol. The van der Waals surface area contributed by atoms with Gasteiger partial charge in [0.1, 0.15) is 8.07 Å². The lowest BCUT2D eigenvalue weighted by Crippen LogP contribution is -2.16. The van der Waals surface area contributed by atoms with E-state index in [4.69, 9.17) is 0 Å². The summed E-state index contributed by atoms with van der Waals surface area (Å²) in [5, 5.41) is 0. The Bertz CT molecular complexity index is 4030. The summed E-state index contributed by atoms with van der Waals surface area (Å²) in [7, 11) is -1.46. The maximum absolute atomic E-state index is 3.53. The summed E-state index contributed by atoms with van der Waals surface area (Å²) in [5.74, 6) is 52.4. The van der Waals surface area contributed by atoms with Gasteiger partial charge in [-0.3, -0.25) is 0 Å². The van der Waals surface area contributed by atoms with Crippen LogP contribution in [0.15, 0.2) is 48.5 Å². The average molecular weight is 1270 g/mol. The molecule has 0 aliphatic rings. The van der Waals surface area contributed by atoms with Crippen LogP contribution in [0.2, 0.25) is 19.6 Å². The first kappa shape index (κ1) is 58.2. The third-order valence-corrected chi connectivity index (χ3v) is 21.9. The van der Waals surface area contributed by atoms with Gasteiger partial charge in [0.25, 0.3) is 0 Å². The van der Waals surface area contributed by atoms with E-state index in [1.807, 2.05) is 0 Å². The SMILES string of the molecule is CCc1cc(I)sc1C#Cc1cc(CC)c(C#Cc2cc(CC)c(C#Cc3cc(CC)c(C#Cc4cc(CC)c(C#Cc5cc(CC)c(C#Cc6cc(CC)c(C#Cc7cc(CC)c(C#C[Si](C)(C)C)s7)s6)s5)s4)s3)s2)s1. The topological polar surface area (TPSA) is 0 Å². The van der Waals surface area contributed by atoms with Crippen molar-refractivity contribution in [1.82, 2.24) is 0 Å². The van der Waals surface area contributed by atoms with Gasteiger partial charge in [-0.2, -0.15) is 0 Å². The van der Waals surface area contributed by atoms with Gasteiger partial charge in [0.05, 0.1) is 76.0 Å². The van der Waals surface area contributed by atoms with Crippen molar-refractivity contribution < 1.29 is 0 Å². The second kappa shape index (κ2) is 27.3. The summed E-state index contributed by atoms with van der Waals surface area (Å²) >= 11 is 16.0. The van der Waals surface area contributed by atoms with Crippen molar-refractivity contribution in [3.05, 3.63) is 169 Å². The largest absolute Gasteiger partial charge is 0.129 e. The van der Waals surface area contributed by atoms with Gasteiger partial charge in [-0.25, -0.2) is 0 Å². The summed E-state index contributed by atoms with van der Waals surface area (Å²) in [6, 6.07) is 17.7. The lowest BCUT2D eigenvalue weighted by Gasteiger charge is -2.03. The van der Waals surface area contributed by atoms with E-state index in [9.17, 15) is 0 Å². The highest BCUT2D eigenvalue weighted by atomic mass is 127. The lowest BCUT2D eigenvalue weighted by atomic mass is 10.1. The number of hydrogen-bond donors (Lipinski definition) is 0. The van der Waals surface area contributed by atoms with Crippen LogP contribution in [-0.4, -0.2) is 8.07 Å². The Balaban J connectivity index is 0.952. The molecule has 0 atom stereocenters. The van der Waals surface area contributed by atoms with E-state index in [1.54, 1.807) is 90.7 Å². The van der Waals surface area contributed by atoms with Crippen LogP contribution in [0.5, 0.6) is 0 Å². The zero-order valence-electron chi connectivity index (χ0n) is 45.4. The van der Waals surface area contributed by atoms with Gasteiger partial charge in [-0.05, 0) is 250 Å². The number of hydrogen-bond acceptors (Lipinski definition) is 8. The van der Waals surface area contributed by atoms with E-state index in [1.165, 1.54) is 52.3 Å². The molecule has 8 heterocycles. The molecule has 8 aromatic rings. The Morgan fingerprint density at radius 1 is 0.273 bits per heavy atom. The second-order valence-electron chi connectivity index (χ2n) is 18.7. The normalized spacial score (nSPS) is 10.4. The first-order chi connectivity index (χ1) is 37.2. The molecule has 77 heavy (non-hydrogen) atoms. The summed E-state index contributed by atoms with van der Waals surface area (Å²) in [5.41, 5.74) is 13.6. The third kappa shape index (κ3) is 15.4. The summed E-state index contributed by atoms with van der Waals surface area (Å²) in [6.07, 6.45) is 7.40. The molecule has 0 amide bonds. The molecule has 8 aromatic heterocycles. The zero-order chi connectivity index (χ0) is 54.6. The van der Waals surface area contributed by atoms with Crippen molar-refractivity contribution in [2.24, 2.45) is 0 Å². The van der Waals surface area contributed by atoms with Gasteiger partial charge in [0, 0.05) is 0 Å². The first-order valence-electron chi connectivity index (χ1n) is 26.1. The van der Waals surface area contributed by atoms with E-state index in [0.29, 0.717) is 0 Å². The summed E-state index contributed by atoms with van der Waals surface area (Å²) in [6.45, 7) is 24.4. The van der Waals surface area contributed by atoms with Crippen LogP contribution in [0.3, 0.4) is 0 Å². The van der Waals surface area contributed by atoms with E-state index >= 15 is 0 Å². The van der Waals surface area contributed by atoms with Gasteiger partial charge >= 0.3 is 0 Å². The quantitative estimate of drug-likeness (QED) is 0.0808. The van der Waals surface area contributed by atoms with E-state index in [0.717, 1.165) is 120 Å². The Morgan fingerprint density at radius 2 is 0.455 bits per heavy atom. The molecule has 8 rings (SSSR count). The molecular weight excluding hydrogens is 1220 g/mol. The average Bonchev–Trinajstić information content (AvgIpc) is 4.31. The molecule has 0 N–H and O–H groups in total. The molecule has 10 heteroatoms. The van der Waals surface area contributed by atoms with Crippen molar-refractivity contribution in [3.63, 3.8) is 0 Å². The molecule has 0 saturated heterocycles. The van der Waals surface area contributed by atoms with E-state index < -0.39 is 8.07 Å². The van der Waals surface area contributed by atoms with Crippen molar-refractivity contribution >= 4 is 121 Å². The van der Waals surface area contributed by atoms with Gasteiger partial charge in [0.2, 0.25) is 0 Å². The van der Waals surface area contributed by atoms with Crippen LogP contribution in [0.25, 0.3) is 0 Å². The molecule has 0 saturated carbocycles. The molecule has 0 radical (unpaired) electrons. The van der Waals surface area contributed by atoms with Gasteiger partial charge in [-0.1, -0.05) is 81.0 Å². The maximum atomic E-state index is 3.53. The number of thiophene rings is 8. The fourth-order valence-electron chi connectivity index (χ4n) is 7.85. The molecule has 0 fully saturated rings. The lowest BCUT2D eigenvalue weighted by molar-refractivity contribution is 1.15. The van der Waals surface area contributed by atoms with E-state index in [-0.39, 0.29) is 0 Å². The van der Waals surface area contributed by atoms with Crippen LogP contribution >= 0.6 is 113 Å². The van der Waals surface area contributed by atoms with Crippen LogP contribution in [0.4, 0.5) is 0 Å². The first-order valence-corrected chi connectivity index (χ1v) is 37.2. The highest BCUT2D eigenvalue weighted by molar-refractivity contribution is 14.1. The Hall–Kier alpha value is -4.97. The standard InChI is InChI=1S/C67H57IS8Si/c1-12-44-36-52(69-60(44)28-21-54-38-46(14-3)62(71-54)30-23-56-40-48(16-5)64(73-56)32-25-58-42-50(18-7)66(75-58)34-35-77(9,10)11)20-27-59-45(13-2)37-53(70-59)22-29-61-47(15-4)39-55(72-61)24-31-63-49(17-6)41-57(74-63)26-33-65-51(19-8)43-67(68)76-65/h36-43H,12-19H2,1-11H3. The van der Waals surface area contributed by atoms with Crippen LogP contribution < -0.4 is 0 Å². The zero-order valence-corrected chi connectivity index (χ0v) is 55.1. The van der Waals surface area contributed by atoms with Crippen LogP contribution in [-0.2, 0) is 51.4 Å². The smallest absolute Gasteiger partial charge is 0.126 e. The Kier molecular flexibility index (Phi) is 20.6. The fourth-order valence-corrected chi connectivity index (χ4v) is 17.0. The Labute approximate surface area is 505 Å². The molecular formula is C67H57IS8Si. The van der Waals surface area contributed by atoms with Gasteiger partial charge in [0.15, 0.2) is 0 Å². The van der Waals surface area contributed by atoms with Gasteiger partial charge < -0.3 is 0 Å². The predicted octanol–water partition coefficient (Wildman–Crippen LogP) is 18.3. The van der Waals surface area contributed by atoms with Gasteiger partial charge in [-0.15, -0.1) is 96.2 Å². The molecule has 0 nitrogen and oxygen atoms in total. The molecule has 0 aliphatic carbocycles. The number of aryl methyl sites for hydroxylation is 8. The molecule has 0 unspecified atom stereocenters. The fraction of sp³-hybridized carbons (Fsp3) is 0.284. The van der Waals surface area contributed by atoms with Crippen LogP contribution in [0.1, 0.15) is 173 Å². The predicted molar refractivity (Wildman–Crippen MR) is 354 cm³/mol. The van der Waals surface area contributed by atoms with E-state index in [2.05, 4.69) is 241 Å². The minimum atomic E-state index is -1.46. The maximum Gasteiger partial charge on any atom is 0.129 e. The minimum absolute atomic E-state index is 0.895. The highest BCUT2D eigenvalue weighted by Gasteiger charge is 2.13. The minimum Gasteiger partial charge on any atom is -0.126 e. The highest BCUT2D eigenvalue weighted by Crippen LogP contribution is 2.30. The van der Waals surface area contributed by atoms with Crippen molar-refractivity contribution in [3.8, 4) is 94.4 Å². The molecule has 0 aromatic carbocycles. The number of halogens is 1. The van der Waals surface area contributed by atoms with Crippen molar-refractivity contribution in [2.75, 3.05) is 0 Å². The van der Waals surface area contributed by atoms with Crippen LogP contribution in [0, 0.1) is 97.2 Å². The Morgan fingerprint density at radius 3 is 0.649 bits per heavy atom. The number of rotatable bonds is 8. The molecule has 0 aliphatic heterocycles. The molecule has 0 bridgehead atoms. The summed E-state index contributed by atoms with van der Waals surface area (Å²) in [4.78, 5) is 16.1. The molecule has 0 spiro atoms. The third-order valence-electron chi connectivity index (χ3n) is 12.1. The van der Waals surface area contributed by atoms with Crippen molar-refractivity contribution in [2.45, 2.75) is 126 Å². The molecule has 384 valence electrons. The second-order valence-corrected chi connectivity index (χ2v) is 33.8. The summed E-state index contributed by atoms with van der Waals surface area (Å²) < 4.78 is 1.28. The van der Waals surface area contributed by atoms with Crippen molar-refractivity contribution in [1.29, 1.82) is 0 Å².